The normalized spacial score (nSPS) is 10.0. The molecule has 2 aromatic rings. The van der Waals surface area contributed by atoms with E-state index in [2.05, 4.69) is 15.0 Å². The van der Waals surface area contributed by atoms with Gasteiger partial charge in [-0.25, -0.2) is 4.79 Å². The Bertz CT molecular complexity index is 514. The van der Waals surface area contributed by atoms with Crippen LogP contribution in [0.5, 0.6) is 0 Å². The highest BCUT2D eigenvalue weighted by atomic mass is 16.5. The standard InChI is InChI=1S/C9H6N2O5/c12-8(10-7-1-2-16-11-7)6-3-5(4-15-6)9(13)14/h1-4H,(H,13,14)(H,10,11,12). The van der Waals surface area contributed by atoms with Crippen molar-refractivity contribution in [2.75, 3.05) is 5.32 Å². The number of carboxylic acid groups (broad SMARTS) is 1. The van der Waals surface area contributed by atoms with Crippen LogP contribution in [-0.4, -0.2) is 22.1 Å². The Kier molecular flexibility index (Phi) is 2.42. The van der Waals surface area contributed by atoms with Gasteiger partial charge >= 0.3 is 5.97 Å². The fraction of sp³-hybridized carbons (Fsp3) is 0. The Balaban J connectivity index is 2.12. The number of rotatable bonds is 3. The number of hydrogen-bond donors (Lipinski definition) is 2. The van der Waals surface area contributed by atoms with E-state index in [1.54, 1.807) is 0 Å². The van der Waals surface area contributed by atoms with Gasteiger partial charge in [0.05, 0.1) is 5.56 Å². The van der Waals surface area contributed by atoms with E-state index in [4.69, 9.17) is 9.52 Å². The smallest absolute Gasteiger partial charge is 0.338 e. The lowest BCUT2D eigenvalue weighted by Crippen LogP contribution is -2.11. The maximum atomic E-state index is 11.5. The number of carbonyl (C=O) groups excluding carboxylic acids is 1. The van der Waals surface area contributed by atoms with Gasteiger partial charge < -0.3 is 19.4 Å². The van der Waals surface area contributed by atoms with Gasteiger partial charge in [0, 0.05) is 12.1 Å². The number of nitrogens with one attached hydrogen (secondary N) is 1. The molecule has 0 aliphatic carbocycles. The van der Waals surface area contributed by atoms with E-state index in [-0.39, 0.29) is 17.1 Å². The molecule has 0 aliphatic rings. The van der Waals surface area contributed by atoms with Crippen molar-refractivity contribution >= 4 is 17.7 Å². The van der Waals surface area contributed by atoms with Gasteiger partial charge in [-0.3, -0.25) is 4.79 Å². The lowest BCUT2D eigenvalue weighted by Gasteiger charge is -1.95. The van der Waals surface area contributed by atoms with E-state index in [0.29, 0.717) is 0 Å². The molecule has 0 bridgehead atoms. The van der Waals surface area contributed by atoms with E-state index < -0.39 is 11.9 Å². The summed E-state index contributed by atoms with van der Waals surface area (Å²) in [5.74, 6) is -1.65. The van der Waals surface area contributed by atoms with Gasteiger partial charge in [-0.05, 0) is 0 Å². The van der Waals surface area contributed by atoms with Crippen LogP contribution in [0.15, 0.2) is 33.6 Å². The Labute approximate surface area is 88.6 Å². The average molecular weight is 222 g/mol. The average Bonchev–Trinajstić information content (AvgIpc) is 2.86. The highest BCUT2D eigenvalue weighted by Gasteiger charge is 2.15. The molecule has 7 nitrogen and oxygen atoms in total. The van der Waals surface area contributed by atoms with E-state index in [1.165, 1.54) is 12.3 Å². The van der Waals surface area contributed by atoms with Crippen LogP contribution in [0, 0.1) is 0 Å². The molecular weight excluding hydrogens is 216 g/mol. The van der Waals surface area contributed by atoms with Crippen LogP contribution in [0.25, 0.3) is 0 Å². The molecule has 16 heavy (non-hydrogen) atoms. The molecule has 7 heteroatoms. The van der Waals surface area contributed by atoms with Crippen LogP contribution in [0.1, 0.15) is 20.9 Å². The number of aromatic nitrogens is 1. The molecule has 0 saturated heterocycles. The van der Waals surface area contributed by atoms with E-state index in [1.807, 2.05) is 0 Å². The lowest BCUT2D eigenvalue weighted by atomic mass is 10.3. The molecule has 0 unspecified atom stereocenters. The summed E-state index contributed by atoms with van der Waals surface area (Å²) in [6, 6.07) is 2.57. The number of hydrogen-bond acceptors (Lipinski definition) is 5. The Morgan fingerprint density at radius 1 is 1.44 bits per heavy atom. The Hall–Kier alpha value is -2.57. The Morgan fingerprint density at radius 3 is 2.81 bits per heavy atom. The van der Waals surface area contributed by atoms with Crippen molar-refractivity contribution in [3.05, 3.63) is 36.0 Å². The SMILES string of the molecule is O=C(O)c1coc(C(=O)Nc2ccon2)c1. The molecule has 0 fully saturated rings. The minimum absolute atomic E-state index is 0.0923. The fourth-order valence-electron chi connectivity index (χ4n) is 1.02. The van der Waals surface area contributed by atoms with Crippen molar-refractivity contribution < 1.29 is 23.6 Å². The zero-order valence-electron chi connectivity index (χ0n) is 7.84. The first-order valence-corrected chi connectivity index (χ1v) is 4.20. The molecule has 0 radical (unpaired) electrons. The third-order valence-electron chi connectivity index (χ3n) is 1.75. The van der Waals surface area contributed by atoms with Crippen LogP contribution in [0.2, 0.25) is 0 Å². The second-order valence-corrected chi connectivity index (χ2v) is 2.84. The molecule has 2 aromatic heterocycles. The van der Waals surface area contributed by atoms with Crippen molar-refractivity contribution in [3.63, 3.8) is 0 Å². The zero-order valence-corrected chi connectivity index (χ0v) is 7.84. The van der Waals surface area contributed by atoms with Gasteiger partial charge in [-0.1, -0.05) is 5.16 Å². The summed E-state index contributed by atoms with van der Waals surface area (Å²) in [6.07, 6.45) is 2.28. The van der Waals surface area contributed by atoms with Gasteiger partial charge in [0.1, 0.15) is 12.5 Å². The van der Waals surface area contributed by atoms with Crippen LogP contribution < -0.4 is 5.32 Å². The lowest BCUT2D eigenvalue weighted by molar-refractivity contribution is 0.0696. The maximum Gasteiger partial charge on any atom is 0.338 e. The van der Waals surface area contributed by atoms with Crippen LogP contribution in [-0.2, 0) is 0 Å². The monoisotopic (exact) mass is 222 g/mol. The minimum Gasteiger partial charge on any atom is -0.478 e. The second-order valence-electron chi connectivity index (χ2n) is 2.84. The van der Waals surface area contributed by atoms with E-state index in [0.717, 1.165) is 12.3 Å². The highest BCUT2D eigenvalue weighted by Crippen LogP contribution is 2.10. The molecule has 1 amide bonds. The largest absolute Gasteiger partial charge is 0.478 e. The van der Waals surface area contributed by atoms with Crippen molar-refractivity contribution in [2.45, 2.75) is 0 Å². The first-order chi connectivity index (χ1) is 7.66. The summed E-state index contributed by atoms with van der Waals surface area (Å²) >= 11 is 0. The predicted molar refractivity (Wildman–Crippen MR) is 50.1 cm³/mol. The number of aromatic carboxylic acids is 1. The third-order valence-corrected chi connectivity index (χ3v) is 1.75. The first-order valence-electron chi connectivity index (χ1n) is 4.20. The topological polar surface area (TPSA) is 106 Å². The number of carbonyl (C=O) groups is 2. The number of carboxylic acids is 1. The summed E-state index contributed by atoms with van der Waals surface area (Å²) < 4.78 is 9.29. The highest BCUT2D eigenvalue weighted by molar-refractivity contribution is 6.03. The second kappa shape index (κ2) is 3.89. The van der Waals surface area contributed by atoms with Gasteiger partial charge in [-0.2, -0.15) is 0 Å². The third kappa shape index (κ3) is 1.92. The number of nitrogens with zero attached hydrogens (tertiary/aromatic N) is 1. The molecule has 2 N–H and O–H groups in total. The van der Waals surface area contributed by atoms with E-state index in [9.17, 15) is 9.59 Å². The maximum absolute atomic E-state index is 11.5. The van der Waals surface area contributed by atoms with Crippen molar-refractivity contribution in [2.24, 2.45) is 0 Å². The van der Waals surface area contributed by atoms with Gasteiger partial charge in [-0.15, -0.1) is 0 Å². The first kappa shape index (κ1) is 9.97. The van der Waals surface area contributed by atoms with Crippen molar-refractivity contribution in [1.82, 2.24) is 5.16 Å². The van der Waals surface area contributed by atoms with Crippen molar-refractivity contribution in [3.8, 4) is 0 Å². The van der Waals surface area contributed by atoms with Gasteiger partial charge in [0.25, 0.3) is 5.91 Å². The van der Waals surface area contributed by atoms with Crippen LogP contribution >= 0.6 is 0 Å². The molecular formula is C9H6N2O5. The molecule has 0 spiro atoms. The quantitative estimate of drug-likeness (QED) is 0.808. The van der Waals surface area contributed by atoms with Gasteiger partial charge in [0.15, 0.2) is 11.6 Å². The van der Waals surface area contributed by atoms with E-state index >= 15 is 0 Å². The zero-order chi connectivity index (χ0) is 11.5. The molecule has 2 rings (SSSR count). The predicted octanol–water partition coefficient (Wildman–Crippen LogP) is 1.22. The Morgan fingerprint density at radius 2 is 2.25 bits per heavy atom. The molecule has 0 saturated carbocycles. The fourth-order valence-corrected chi connectivity index (χ4v) is 1.02. The summed E-state index contributed by atoms with van der Waals surface area (Å²) in [7, 11) is 0. The van der Waals surface area contributed by atoms with Gasteiger partial charge in [0.2, 0.25) is 0 Å². The molecule has 82 valence electrons. The van der Waals surface area contributed by atoms with Crippen LogP contribution in [0.4, 0.5) is 5.82 Å². The molecule has 0 aromatic carbocycles. The number of furan rings is 1. The number of amides is 1. The summed E-state index contributed by atoms with van der Waals surface area (Å²) in [5, 5.41) is 14.4. The minimum atomic E-state index is -1.16. The summed E-state index contributed by atoms with van der Waals surface area (Å²) in [6.45, 7) is 0. The summed E-state index contributed by atoms with van der Waals surface area (Å²) in [4.78, 5) is 22.0. The molecule has 0 aliphatic heterocycles. The van der Waals surface area contributed by atoms with Crippen LogP contribution in [0.3, 0.4) is 0 Å². The molecule has 0 atom stereocenters. The summed E-state index contributed by atoms with van der Waals surface area (Å²) in [5.41, 5.74) is -0.0923. The van der Waals surface area contributed by atoms with Crippen molar-refractivity contribution in [1.29, 1.82) is 0 Å². The number of anilines is 1. The molecule has 2 heterocycles.